The molecule has 8 heteroatoms. The fourth-order valence-electron chi connectivity index (χ4n) is 2.31. The van der Waals surface area contributed by atoms with Crippen molar-refractivity contribution in [3.8, 4) is 17.0 Å². The average molecular weight is 370 g/mol. The zero-order valence-electron chi connectivity index (χ0n) is 13.1. The van der Waals surface area contributed by atoms with Crippen molar-refractivity contribution in [2.45, 2.75) is 6.42 Å². The topological polar surface area (TPSA) is 86.5 Å². The highest BCUT2D eigenvalue weighted by Gasteiger charge is 2.16. The van der Waals surface area contributed by atoms with E-state index in [9.17, 15) is 4.79 Å². The van der Waals surface area contributed by atoms with Gasteiger partial charge in [-0.1, -0.05) is 12.1 Å². The van der Waals surface area contributed by atoms with Crippen molar-refractivity contribution in [2.75, 3.05) is 31.7 Å². The molecule has 0 saturated carbocycles. The highest BCUT2D eigenvalue weighted by molar-refractivity contribution is 7.14. The first-order chi connectivity index (χ1) is 11.2. The van der Waals surface area contributed by atoms with Crippen molar-refractivity contribution in [1.82, 2.24) is 4.98 Å². The molecule has 1 aliphatic heterocycles. The van der Waals surface area contributed by atoms with Crippen molar-refractivity contribution in [1.29, 1.82) is 0 Å². The minimum Gasteiger partial charge on any atom is -0.493 e. The van der Waals surface area contributed by atoms with Crippen LogP contribution in [0.2, 0.25) is 0 Å². The monoisotopic (exact) mass is 369 g/mol. The quantitative estimate of drug-likeness (QED) is 0.817. The van der Waals surface area contributed by atoms with E-state index in [4.69, 9.17) is 15.2 Å². The van der Waals surface area contributed by atoms with E-state index in [0.29, 0.717) is 17.7 Å². The molecule has 0 radical (unpaired) electrons. The van der Waals surface area contributed by atoms with Crippen LogP contribution in [0, 0.1) is 5.92 Å². The van der Waals surface area contributed by atoms with Crippen molar-refractivity contribution >= 4 is 34.8 Å². The van der Waals surface area contributed by atoms with Gasteiger partial charge in [0, 0.05) is 23.5 Å². The summed E-state index contributed by atoms with van der Waals surface area (Å²) in [6, 6.07) is 7.80. The highest BCUT2D eigenvalue weighted by Crippen LogP contribution is 2.28. The number of hydrogen-bond acceptors (Lipinski definition) is 6. The summed E-state index contributed by atoms with van der Waals surface area (Å²) in [5.41, 5.74) is 7.04. The third-order valence-corrected chi connectivity index (χ3v) is 4.33. The molecule has 2 heterocycles. The Balaban J connectivity index is 0.00000208. The second-order valence-corrected chi connectivity index (χ2v) is 6.22. The Kier molecular flexibility index (Phi) is 6.99. The number of rotatable bonds is 6. The number of thiazole rings is 1. The molecule has 3 rings (SSSR count). The van der Waals surface area contributed by atoms with E-state index in [1.165, 1.54) is 11.3 Å². The van der Waals surface area contributed by atoms with Crippen LogP contribution >= 0.6 is 23.7 Å². The first-order valence-corrected chi connectivity index (χ1v) is 8.39. The summed E-state index contributed by atoms with van der Waals surface area (Å²) in [6.45, 7) is 2.21. The fraction of sp³-hybridized carbons (Fsp3) is 0.375. The molecule has 24 heavy (non-hydrogen) atoms. The van der Waals surface area contributed by atoms with Crippen LogP contribution in [-0.4, -0.2) is 37.3 Å². The van der Waals surface area contributed by atoms with Gasteiger partial charge in [0.25, 0.3) is 0 Å². The van der Waals surface area contributed by atoms with Crippen molar-refractivity contribution < 1.29 is 14.3 Å². The Hall–Kier alpha value is -1.67. The summed E-state index contributed by atoms with van der Waals surface area (Å²) in [4.78, 5) is 15.7. The molecule has 1 atom stereocenters. The molecule has 1 unspecified atom stereocenters. The number of halogens is 1. The lowest BCUT2D eigenvalue weighted by Gasteiger charge is -2.10. The number of nitrogens with two attached hydrogens (primary N) is 1. The van der Waals surface area contributed by atoms with Crippen LogP contribution in [0.25, 0.3) is 11.3 Å². The van der Waals surface area contributed by atoms with E-state index < -0.39 is 0 Å². The second kappa shape index (κ2) is 8.98. The molecule has 0 aliphatic carbocycles. The predicted molar refractivity (Wildman–Crippen MR) is 96.9 cm³/mol. The number of hydrogen-bond donors (Lipinski definition) is 2. The van der Waals surface area contributed by atoms with Gasteiger partial charge in [0.2, 0.25) is 5.91 Å². The van der Waals surface area contributed by atoms with Crippen molar-refractivity contribution in [3.05, 3.63) is 29.6 Å². The summed E-state index contributed by atoms with van der Waals surface area (Å²) < 4.78 is 11.2. The van der Waals surface area contributed by atoms with Gasteiger partial charge in [0.15, 0.2) is 5.13 Å². The number of benzene rings is 1. The molecule has 1 aromatic heterocycles. The number of ether oxygens (including phenoxy) is 2. The molecule has 6 nitrogen and oxygen atoms in total. The lowest BCUT2D eigenvalue weighted by molar-refractivity contribution is -0.114. The Morgan fingerprint density at radius 1 is 1.50 bits per heavy atom. The molecule has 3 N–H and O–H groups in total. The van der Waals surface area contributed by atoms with E-state index in [1.54, 1.807) is 0 Å². The Morgan fingerprint density at radius 3 is 3.12 bits per heavy atom. The third kappa shape index (κ3) is 4.91. The maximum absolute atomic E-state index is 11.3. The molecular formula is C16H20ClN3O3S. The highest BCUT2D eigenvalue weighted by atomic mass is 35.5. The first kappa shape index (κ1) is 18.7. The third-order valence-electron chi connectivity index (χ3n) is 3.58. The van der Waals surface area contributed by atoms with Gasteiger partial charge >= 0.3 is 0 Å². The number of carbonyl (C=O) groups excluding carboxylic acids is 1. The lowest BCUT2D eigenvalue weighted by atomic mass is 10.1. The molecule has 1 fully saturated rings. The minimum absolute atomic E-state index is 0. The molecule has 1 saturated heterocycles. The first-order valence-electron chi connectivity index (χ1n) is 7.51. The van der Waals surface area contributed by atoms with Gasteiger partial charge in [-0.3, -0.25) is 4.79 Å². The Morgan fingerprint density at radius 2 is 2.38 bits per heavy atom. The zero-order valence-corrected chi connectivity index (χ0v) is 14.7. The molecule has 1 aromatic carbocycles. The van der Waals surface area contributed by atoms with E-state index in [-0.39, 0.29) is 24.9 Å². The SMILES string of the molecule is Cl.NCC(=O)Nc1nc(-c2cccc(OCC3CCOC3)c2)cs1. The smallest absolute Gasteiger partial charge is 0.239 e. The number of nitrogens with zero attached hydrogens (tertiary/aromatic N) is 1. The fourth-order valence-corrected chi connectivity index (χ4v) is 3.04. The molecular weight excluding hydrogens is 350 g/mol. The predicted octanol–water partition coefficient (Wildman–Crippen LogP) is 2.54. The Bertz CT molecular complexity index is 674. The maximum atomic E-state index is 11.3. The van der Waals surface area contributed by atoms with E-state index in [0.717, 1.165) is 36.6 Å². The summed E-state index contributed by atoms with van der Waals surface area (Å²) >= 11 is 1.37. The van der Waals surface area contributed by atoms with Crippen molar-refractivity contribution in [2.24, 2.45) is 11.7 Å². The van der Waals surface area contributed by atoms with Crippen LogP contribution in [0.15, 0.2) is 29.6 Å². The van der Waals surface area contributed by atoms with Crippen LogP contribution in [0.1, 0.15) is 6.42 Å². The van der Waals surface area contributed by atoms with Crippen LogP contribution in [0.5, 0.6) is 5.75 Å². The average Bonchev–Trinajstić information content (AvgIpc) is 3.25. The number of anilines is 1. The van der Waals surface area contributed by atoms with Gasteiger partial charge in [-0.25, -0.2) is 4.98 Å². The van der Waals surface area contributed by atoms with Crippen molar-refractivity contribution in [3.63, 3.8) is 0 Å². The summed E-state index contributed by atoms with van der Waals surface area (Å²) in [6.07, 6.45) is 1.05. The summed E-state index contributed by atoms with van der Waals surface area (Å²) in [5, 5.41) is 5.10. The van der Waals surface area contributed by atoms with Crippen LogP contribution in [-0.2, 0) is 9.53 Å². The standard InChI is InChI=1S/C16H19N3O3S.ClH/c17-7-15(20)19-16-18-14(10-23-16)12-2-1-3-13(6-12)22-9-11-4-5-21-8-11;/h1-3,6,10-11H,4-5,7-9,17H2,(H,18,19,20);1H. The van der Waals surface area contributed by atoms with Crippen LogP contribution in [0.4, 0.5) is 5.13 Å². The molecule has 130 valence electrons. The van der Waals surface area contributed by atoms with Gasteiger partial charge in [-0.05, 0) is 18.6 Å². The number of amides is 1. The minimum atomic E-state index is -0.248. The van der Waals surface area contributed by atoms with E-state index >= 15 is 0 Å². The normalized spacial score (nSPS) is 16.5. The number of nitrogens with one attached hydrogen (secondary N) is 1. The number of aromatic nitrogens is 1. The van der Waals surface area contributed by atoms with Gasteiger partial charge < -0.3 is 20.5 Å². The van der Waals surface area contributed by atoms with Gasteiger partial charge in [0.05, 0.1) is 25.5 Å². The maximum Gasteiger partial charge on any atom is 0.239 e. The molecule has 1 amide bonds. The van der Waals surface area contributed by atoms with Gasteiger partial charge in [0.1, 0.15) is 5.75 Å². The molecule has 1 aliphatic rings. The number of carbonyl (C=O) groups is 1. The van der Waals surface area contributed by atoms with E-state index in [1.807, 2.05) is 29.6 Å². The van der Waals surface area contributed by atoms with Crippen LogP contribution in [0.3, 0.4) is 0 Å². The largest absolute Gasteiger partial charge is 0.493 e. The molecule has 0 bridgehead atoms. The summed E-state index contributed by atoms with van der Waals surface area (Å²) in [5.74, 6) is 1.03. The van der Waals surface area contributed by atoms with Gasteiger partial charge in [-0.2, -0.15) is 0 Å². The van der Waals surface area contributed by atoms with Gasteiger partial charge in [-0.15, -0.1) is 23.7 Å². The molecule has 2 aromatic rings. The second-order valence-electron chi connectivity index (χ2n) is 5.36. The van der Waals surface area contributed by atoms with E-state index in [2.05, 4.69) is 10.3 Å². The summed E-state index contributed by atoms with van der Waals surface area (Å²) in [7, 11) is 0. The zero-order chi connectivity index (χ0) is 16.1. The lowest BCUT2D eigenvalue weighted by Crippen LogP contribution is -2.21. The Labute approximate surface area is 150 Å². The molecule has 0 spiro atoms. The van der Waals surface area contributed by atoms with Crippen LogP contribution < -0.4 is 15.8 Å².